The topological polar surface area (TPSA) is 87.8 Å². The number of halogens is 1. The number of guanidine groups is 1. The molecular weight excluding hydrogens is 415 g/mol. The first-order valence-electron chi connectivity index (χ1n) is 7.00. The van der Waals surface area contributed by atoms with Crippen LogP contribution in [-0.2, 0) is 10.0 Å². The van der Waals surface area contributed by atoms with Gasteiger partial charge in [0.25, 0.3) is 0 Å². The first-order valence-corrected chi connectivity index (χ1v) is 8.61. The van der Waals surface area contributed by atoms with Gasteiger partial charge in [0.15, 0.2) is 5.96 Å². The van der Waals surface area contributed by atoms with Gasteiger partial charge in [0.2, 0.25) is 10.0 Å². The molecule has 0 bridgehead atoms. The molecule has 1 rings (SSSR count). The molecule has 126 valence electrons. The molecule has 3 N–H and O–H groups in total. The Kier molecular flexibility index (Phi) is 9.61. The fourth-order valence-electron chi connectivity index (χ4n) is 1.94. The maximum absolute atomic E-state index is 12.0. The van der Waals surface area contributed by atoms with Crippen LogP contribution >= 0.6 is 24.0 Å². The van der Waals surface area contributed by atoms with Gasteiger partial charge in [-0.1, -0.05) is 26.0 Å². The highest BCUT2D eigenvalue weighted by atomic mass is 127. The zero-order valence-corrected chi connectivity index (χ0v) is 16.4. The molecule has 6 nitrogen and oxygen atoms in total. The average molecular weight is 440 g/mol. The van der Waals surface area contributed by atoms with E-state index in [0.29, 0.717) is 13.1 Å². The van der Waals surface area contributed by atoms with Gasteiger partial charge in [0.1, 0.15) is 0 Å². The van der Waals surface area contributed by atoms with Crippen LogP contribution in [0.25, 0.3) is 0 Å². The summed E-state index contributed by atoms with van der Waals surface area (Å²) in [7, 11) is -3.25. The van der Waals surface area contributed by atoms with Gasteiger partial charge in [-0.2, -0.15) is 0 Å². The average Bonchev–Trinajstić information content (AvgIpc) is 2.39. The molecule has 0 atom stereocenters. The molecule has 22 heavy (non-hydrogen) atoms. The summed E-state index contributed by atoms with van der Waals surface area (Å²) in [5.74, 6) is 0.181. The van der Waals surface area contributed by atoms with Gasteiger partial charge in [-0.25, -0.2) is 12.7 Å². The Morgan fingerprint density at radius 3 is 2.50 bits per heavy atom. The van der Waals surface area contributed by atoms with Gasteiger partial charge in [-0.15, -0.1) is 24.0 Å². The van der Waals surface area contributed by atoms with E-state index in [-0.39, 0.29) is 42.2 Å². The molecule has 1 aromatic carbocycles. The molecule has 0 radical (unpaired) electrons. The normalized spacial score (nSPS) is 12.1. The second-order valence-corrected chi connectivity index (χ2v) is 6.75. The molecule has 8 heteroatoms. The lowest BCUT2D eigenvalue weighted by Gasteiger charge is -2.17. The minimum atomic E-state index is -3.25. The van der Waals surface area contributed by atoms with Crippen molar-refractivity contribution in [3.05, 3.63) is 29.8 Å². The SMILES string of the molecule is CCN(CC)S(=O)(=O)CCN=C(N)Nc1cccc(C)c1.I. The molecule has 1 aromatic rings. The minimum absolute atomic E-state index is 0. The van der Waals surface area contributed by atoms with Crippen LogP contribution in [0.5, 0.6) is 0 Å². The van der Waals surface area contributed by atoms with Crippen molar-refractivity contribution in [3.8, 4) is 0 Å². The van der Waals surface area contributed by atoms with Crippen LogP contribution < -0.4 is 11.1 Å². The highest BCUT2D eigenvalue weighted by Crippen LogP contribution is 2.08. The van der Waals surface area contributed by atoms with Crippen molar-refractivity contribution in [2.24, 2.45) is 10.7 Å². The quantitative estimate of drug-likeness (QED) is 0.386. The summed E-state index contributed by atoms with van der Waals surface area (Å²) in [6.45, 7) is 6.70. The lowest BCUT2D eigenvalue weighted by Crippen LogP contribution is -2.34. The van der Waals surface area contributed by atoms with E-state index in [2.05, 4.69) is 10.3 Å². The Morgan fingerprint density at radius 2 is 1.95 bits per heavy atom. The predicted octanol–water partition coefficient (Wildman–Crippen LogP) is 2.01. The van der Waals surface area contributed by atoms with Crippen LogP contribution in [0, 0.1) is 6.92 Å². The summed E-state index contributed by atoms with van der Waals surface area (Å²) in [4.78, 5) is 4.06. The van der Waals surface area contributed by atoms with Crippen LogP contribution in [-0.4, -0.2) is 44.1 Å². The number of anilines is 1. The van der Waals surface area contributed by atoms with Crippen molar-refractivity contribution in [2.75, 3.05) is 30.7 Å². The van der Waals surface area contributed by atoms with Crippen LogP contribution in [0.4, 0.5) is 5.69 Å². The summed E-state index contributed by atoms with van der Waals surface area (Å²) >= 11 is 0. The number of nitrogens with two attached hydrogens (primary N) is 1. The molecule has 0 aromatic heterocycles. The maximum Gasteiger partial charge on any atom is 0.215 e. The Balaban J connectivity index is 0.00000441. The number of rotatable bonds is 7. The van der Waals surface area contributed by atoms with Crippen molar-refractivity contribution in [3.63, 3.8) is 0 Å². The maximum atomic E-state index is 12.0. The van der Waals surface area contributed by atoms with Crippen molar-refractivity contribution in [1.82, 2.24) is 4.31 Å². The van der Waals surface area contributed by atoms with E-state index in [1.807, 2.05) is 45.0 Å². The lowest BCUT2D eigenvalue weighted by molar-refractivity contribution is 0.445. The summed E-state index contributed by atoms with van der Waals surface area (Å²) in [6, 6.07) is 7.71. The first-order chi connectivity index (χ1) is 9.89. The molecule has 0 spiro atoms. The van der Waals surface area contributed by atoms with E-state index < -0.39 is 10.0 Å². The van der Waals surface area contributed by atoms with Gasteiger partial charge < -0.3 is 11.1 Å². The molecular formula is C14H25IN4O2S. The van der Waals surface area contributed by atoms with Gasteiger partial charge in [0, 0.05) is 18.8 Å². The lowest BCUT2D eigenvalue weighted by atomic mass is 10.2. The molecule has 0 aliphatic carbocycles. The number of aryl methyl sites for hydroxylation is 1. The zero-order chi connectivity index (χ0) is 15.9. The molecule has 0 unspecified atom stereocenters. The molecule has 0 saturated heterocycles. The van der Waals surface area contributed by atoms with E-state index in [0.717, 1.165) is 11.3 Å². The standard InChI is InChI=1S/C14H24N4O2S.HI/c1-4-18(5-2)21(19,20)10-9-16-14(15)17-13-8-6-7-12(3)11-13;/h6-8,11H,4-5,9-10H2,1-3H3,(H3,15,16,17);1H. The number of sulfonamides is 1. The number of benzene rings is 1. The number of nitrogens with one attached hydrogen (secondary N) is 1. The second kappa shape index (κ2) is 10.0. The summed E-state index contributed by atoms with van der Waals surface area (Å²) in [5, 5.41) is 2.95. The van der Waals surface area contributed by atoms with Crippen molar-refractivity contribution < 1.29 is 8.42 Å². The Hall–Kier alpha value is -0.870. The van der Waals surface area contributed by atoms with E-state index in [1.54, 1.807) is 0 Å². The fourth-order valence-corrected chi connectivity index (χ4v) is 3.30. The third-order valence-electron chi connectivity index (χ3n) is 3.02. The number of hydrogen-bond donors (Lipinski definition) is 2. The Morgan fingerprint density at radius 1 is 1.32 bits per heavy atom. The minimum Gasteiger partial charge on any atom is -0.370 e. The molecule has 0 saturated carbocycles. The number of nitrogens with zero attached hydrogens (tertiary/aromatic N) is 2. The van der Waals surface area contributed by atoms with Gasteiger partial charge in [-0.05, 0) is 24.6 Å². The largest absolute Gasteiger partial charge is 0.370 e. The van der Waals surface area contributed by atoms with E-state index in [4.69, 9.17) is 5.73 Å². The summed E-state index contributed by atoms with van der Waals surface area (Å²) < 4.78 is 25.4. The summed E-state index contributed by atoms with van der Waals surface area (Å²) in [5.41, 5.74) is 7.70. The molecule has 0 fully saturated rings. The zero-order valence-electron chi connectivity index (χ0n) is 13.2. The highest BCUT2D eigenvalue weighted by Gasteiger charge is 2.17. The van der Waals surface area contributed by atoms with Crippen molar-refractivity contribution >= 4 is 45.6 Å². The summed E-state index contributed by atoms with van der Waals surface area (Å²) in [6.07, 6.45) is 0. The van der Waals surface area contributed by atoms with Crippen LogP contribution in [0.1, 0.15) is 19.4 Å². The van der Waals surface area contributed by atoms with Crippen molar-refractivity contribution in [1.29, 1.82) is 0 Å². The molecule has 0 amide bonds. The smallest absolute Gasteiger partial charge is 0.215 e. The van der Waals surface area contributed by atoms with Gasteiger partial charge in [-0.3, -0.25) is 4.99 Å². The number of hydrogen-bond acceptors (Lipinski definition) is 3. The number of aliphatic imine (C=N–C) groups is 1. The highest BCUT2D eigenvalue weighted by molar-refractivity contribution is 14.0. The first kappa shape index (κ1) is 21.1. The third-order valence-corrected chi connectivity index (χ3v) is 5.02. The molecule has 0 aliphatic rings. The fraction of sp³-hybridized carbons (Fsp3) is 0.500. The van der Waals surface area contributed by atoms with Gasteiger partial charge >= 0.3 is 0 Å². The Labute approximate surface area is 150 Å². The van der Waals surface area contributed by atoms with E-state index >= 15 is 0 Å². The molecule has 0 aliphatic heterocycles. The van der Waals surface area contributed by atoms with Crippen LogP contribution in [0.15, 0.2) is 29.3 Å². The second-order valence-electron chi connectivity index (χ2n) is 4.66. The third kappa shape index (κ3) is 6.93. The van der Waals surface area contributed by atoms with E-state index in [9.17, 15) is 8.42 Å². The predicted molar refractivity (Wildman–Crippen MR) is 103 cm³/mol. The Bertz CT molecular complexity index is 586. The van der Waals surface area contributed by atoms with E-state index in [1.165, 1.54) is 4.31 Å². The van der Waals surface area contributed by atoms with Crippen molar-refractivity contribution in [2.45, 2.75) is 20.8 Å². The monoisotopic (exact) mass is 440 g/mol. The van der Waals surface area contributed by atoms with Gasteiger partial charge in [0.05, 0.1) is 12.3 Å². The van der Waals surface area contributed by atoms with Crippen LogP contribution in [0.3, 0.4) is 0 Å². The van der Waals surface area contributed by atoms with Crippen LogP contribution in [0.2, 0.25) is 0 Å². The molecule has 0 heterocycles.